The third-order valence-corrected chi connectivity index (χ3v) is 3.58. The Labute approximate surface area is 108 Å². The molecule has 0 aliphatic heterocycles. The van der Waals surface area contributed by atoms with Gasteiger partial charge in [0.1, 0.15) is 0 Å². The van der Waals surface area contributed by atoms with Gasteiger partial charge in [-0.3, -0.25) is 0 Å². The third kappa shape index (κ3) is 4.10. The Morgan fingerprint density at radius 2 is 2.00 bits per heavy atom. The molecule has 0 spiro atoms. The predicted octanol–water partition coefficient (Wildman–Crippen LogP) is 2.61. The second-order valence-corrected chi connectivity index (χ2v) is 6.69. The normalized spacial score (nSPS) is 11.8. The standard InChI is InChI=1S/C13H21N3S/c1-13(2,3)12-10(6-8-14)17-11(15-12)7-9-16(4)5/h6-7,9H2,1-5H3. The summed E-state index contributed by atoms with van der Waals surface area (Å²) in [4.78, 5) is 8.00. The molecule has 0 radical (unpaired) electrons. The van der Waals surface area contributed by atoms with E-state index in [1.165, 1.54) is 0 Å². The van der Waals surface area contributed by atoms with Gasteiger partial charge in [0.25, 0.3) is 0 Å². The van der Waals surface area contributed by atoms with Crippen LogP contribution in [0.3, 0.4) is 0 Å². The smallest absolute Gasteiger partial charge is 0.0944 e. The highest BCUT2D eigenvalue weighted by Gasteiger charge is 2.22. The predicted molar refractivity (Wildman–Crippen MR) is 72.4 cm³/mol. The van der Waals surface area contributed by atoms with Crippen LogP contribution < -0.4 is 0 Å². The fourth-order valence-electron chi connectivity index (χ4n) is 1.60. The molecule has 1 aromatic rings. The third-order valence-electron chi connectivity index (χ3n) is 2.46. The molecule has 0 aromatic carbocycles. The first-order valence-electron chi connectivity index (χ1n) is 5.85. The highest BCUT2D eigenvalue weighted by atomic mass is 32.1. The van der Waals surface area contributed by atoms with Crippen molar-refractivity contribution in [1.82, 2.24) is 9.88 Å². The summed E-state index contributed by atoms with van der Waals surface area (Å²) >= 11 is 1.69. The lowest BCUT2D eigenvalue weighted by Gasteiger charge is -2.16. The first kappa shape index (κ1) is 14.1. The van der Waals surface area contributed by atoms with Crippen LogP contribution in [0.5, 0.6) is 0 Å². The molecule has 0 N–H and O–H groups in total. The van der Waals surface area contributed by atoms with E-state index in [1.54, 1.807) is 11.3 Å². The van der Waals surface area contributed by atoms with E-state index in [0.717, 1.165) is 28.5 Å². The lowest BCUT2D eigenvalue weighted by molar-refractivity contribution is 0.413. The SMILES string of the molecule is CN(C)CCc1nc(C(C)(C)C)c(CC#N)s1. The van der Waals surface area contributed by atoms with E-state index in [1.807, 2.05) is 0 Å². The van der Waals surface area contributed by atoms with Crippen LogP contribution in [-0.2, 0) is 18.3 Å². The van der Waals surface area contributed by atoms with E-state index in [2.05, 4.69) is 45.8 Å². The second-order valence-electron chi connectivity index (χ2n) is 5.52. The molecule has 1 aromatic heterocycles. The van der Waals surface area contributed by atoms with Crippen LogP contribution in [0.25, 0.3) is 0 Å². The van der Waals surface area contributed by atoms with Gasteiger partial charge in [0.2, 0.25) is 0 Å². The van der Waals surface area contributed by atoms with Gasteiger partial charge < -0.3 is 4.90 Å². The van der Waals surface area contributed by atoms with Crippen LogP contribution in [-0.4, -0.2) is 30.5 Å². The molecule has 0 saturated carbocycles. The number of nitriles is 1. The maximum atomic E-state index is 8.86. The maximum absolute atomic E-state index is 8.86. The fourth-order valence-corrected chi connectivity index (χ4v) is 2.80. The summed E-state index contributed by atoms with van der Waals surface area (Å²) in [6.45, 7) is 7.46. The number of rotatable bonds is 4. The second kappa shape index (κ2) is 5.61. The van der Waals surface area contributed by atoms with Crippen LogP contribution in [0.1, 0.15) is 36.3 Å². The number of thiazole rings is 1. The molecule has 17 heavy (non-hydrogen) atoms. The number of nitrogens with zero attached hydrogens (tertiary/aromatic N) is 3. The van der Waals surface area contributed by atoms with Gasteiger partial charge in [0.05, 0.1) is 23.2 Å². The minimum absolute atomic E-state index is 0.0268. The Morgan fingerprint density at radius 3 is 2.47 bits per heavy atom. The molecule has 4 heteroatoms. The zero-order chi connectivity index (χ0) is 13.1. The molecule has 1 heterocycles. The molecule has 0 saturated heterocycles. The van der Waals surface area contributed by atoms with Gasteiger partial charge in [-0.1, -0.05) is 20.8 Å². The highest BCUT2D eigenvalue weighted by Crippen LogP contribution is 2.30. The van der Waals surface area contributed by atoms with Crippen molar-refractivity contribution in [3.05, 3.63) is 15.6 Å². The minimum Gasteiger partial charge on any atom is -0.309 e. The summed E-state index contributed by atoms with van der Waals surface area (Å²) in [5.41, 5.74) is 1.12. The fraction of sp³-hybridized carbons (Fsp3) is 0.692. The number of aromatic nitrogens is 1. The van der Waals surface area contributed by atoms with Crippen LogP contribution in [0, 0.1) is 11.3 Å². The molecular weight excluding hydrogens is 230 g/mol. The molecule has 0 bridgehead atoms. The molecule has 3 nitrogen and oxygen atoms in total. The first-order chi connectivity index (χ1) is 7.84. The molecule has 1 rings (SSSR count). The Morgan fingerprint density at radius 1 is 1.35 bits per heavy atom. The summed E-state index contributed by atoms with van der Waals surface area (Å²) in [7, 11) is 4.13. The molecule has 0 aliphatic carbocycles. The van der Waals surface area contributed by atoms with Gasteiger partial charge in [-0.05, 0) is 14.1 Å². The van der Waals surface area contributed by atoms with Crippen molar-refractivity contribution in [2.45, 2.75) is 39.0 Å². The van der Waals surface area contributed by atoms with Crippen molar-refractivity contribution in [2.75, 3.05) is 20.6 Å². The average molecular weight is 251 g/mol. The molecular formula is C13H21N3S. The minimum atomic E-state index is 0.0268. The lowest BCUT2D eigenvalue weighted by atomic mass is 9.91. The van der Waals surface area contributed by atoms with Crippen molar-refractivity contribution in [3.63, 3.8) is 0 Å². The molecule has 0 unspecified atom stereocenters. The van der Waals surface area contributed by atoms with Crippen LogP contribution in [0.15, 0.2) is 0 Å². The van der Waals surface area contributed by atoms with Crippen LogP contribution >= 0.6 is 11.3 Å². The number of hydrogen-bond acceptors (Lipinski definition) is 4. The van der Waals surface area contributed by atoms with E-state index >= 15 is 0 Å². The zero-order valence-corrected chi connectivity index (χ0v) is 12.2. The van der Waals surface area contributed by atoms with Gasteiger partial charge in [0.15, 0.2) is 0 Å². The topological polar surface area (TPSA) is 39.9 Å². The van der Waals surface area contributed by atoms with E-state index in [-0.39, 0.29) is 5.41 Å². The van der Waals surface area contributed by atoms with E-state index < -0.39 is 0 Å². The maximum Gasteiger partial charge on any atom is 0.0944 e. The van der Waals surface area contributed by atoms with Crippen molar-refractivity contribution in [3.8, 4) is 6.07 Å². The van der Waals surface area contributed by atoms with E-state index in [0.29, 0.717) is 6.42 Å². The van der Waals surface area contributed by atoms with Crippen molar-refractivity contribution in [1.29, 1.82) is 5.26 Å². The first-order valence-corrected chi connectivity index (χ1v) is 6.67. The molecule has 0 aliphatic rings. The molecule has 94 valence electrons. The van der Waals surface area contributed by atoms with Crippen LogP contribution in [0.4, 0.5) is 0 Å². The lowest BCUT2D eigenvalue weighted by Crippen LogP contribution is -2.16. The highest BCUT2D eigenvalue weighted by molar-refractivity contribution is 7.11. The van der Waals surface area contributed by atoms with Gasteiger partial charge >= 0.3 is 0 Å². The monoisotopic (exact) mass is 251 g/mol. The van der Waals surface area contributed by atoms with Crippen LogP contribution in [0.2, 0.25) is 0 Å². The largest absolute Gasteiger partial charge is 0.309 e. The summed E-state index contributed by atoms with van der Waals surface area (Å²) in [5, 5.41) is 10.0. The summed E-state index contributed by atoms with van der Waals surface area (Å²) in [5.74, 6) is 0. The Bertz CT molecular complexity index is 407. The Kier molecular flexibility index (Phi) is 4.67. The molecule has 0 fully saturated rings. The summed E-state index contributed by atoms with van der Waals surface area (Å²) < 4.78 is 0. The van der Waals surface area contributed by atoms with Gasteiger partial charge in [-0.15, -0.1) is 11.3 Å². The number of likely N-dealkylation sites (N-methyl/N-ethyl adjacent to an activating group) is 1. The zero-order valence-electron chi connectivity index (χ0n) is 11.4. The van der Waals surface area contributed by atoms with E-state index in [9.17, 15) is 0 Å². The van der Waals surface area contributed by atoms with Crippen molar-refractivity contribution < 1.29 is 0 Å². The molecule has 0 atom stereocenters. The number of hydrogen-bond donors (Lipinski definition) is 0. The van der Waals surface area contributed by atoms with Crippen molar-refractivity contribution >= 4 is 11.3 Å². The Hall–Kier alpha value is -0.920. The quantitative estimate of drug-likeness (QED) is 0.826. The van der Waals surface area contributed by atoms with Gasteiger partial charge in [0, 0.05) is 23.3 Å². The van der Waals surface area contributed by atoms with Crippen molar-refractivity contribution in [2.24, 2.45) is 0 Å². The molecule has 0 amide bonds. The van der Waals surface area contributed by atoms with Gasteiger partial charge in [-0.25, -0.2) is 4.98 Å². The summed E-state index contributed by atoms with van der Waals surface area (Å²) in [6, 6.07) is 2.23. The average Bonchev–Trinajstić information content (AvgIpc) is 2.58. The van der Waals surface area contributed by atoms with Gasteiger partial charge in [-0.2, -0.15) is 5.26 Å². The Balaban J connectivity index is 2.93. The van der Waals surface area contributed by atoms with E-state index in [4.69, 9.17) is 10.2 Å². The summed E-state index contributed by atoms with van der Waals surface area (Å²) in [6.07, 6.45) is 1.44.